The van der Waals surface area contributed by atoms with E-state index in [1.165, 1.54) is 23.0 Å². The van der Waals surface area contributed by atoms with Crippen LogP contribution in [0.4, 0.5) is 0 Å². The first-order valence-electron chi connectivity index (χ1n) is 14.0. The van der Waals surface area contributed by atoms with E-state index in [-0.39, 0.29) is 24.3 Å². The molecule has 0 unspecified atom stereocenters. The number of hydrogen-bond acceptors (Lipinski definition) is 8. The standard InChI is InChI=1S/C33H29BrCl2N2O6S/c1-5-42-27-16-24(34)23(15-26(27)41-4)30-29(32(40)43-6-2)18(3)37-33-38(30)31(39)28(45-33)13-19-8-7-9-22(12-19)44-17-20-10-11-21(35)14-25(20)36/h7-16,30H,5-6,17H2,1-4H3/b28-13+/t30-/m0/s1. The fourth-order valence-electron chi connectivity index (χ4n) is 4.92. The van der Waals surface area contributed by atoms with Crippen LogP contribution >= 0.6 is 50.5 Å². The molecule has 0 amide bonds. The maximum atomic E-state index is 14.1. The largest absolute Gasteiger partial charge is 0.493 e. The fraction of sp³-hybridized carbons (Fsp3) is 0.242. The van der Waals surface area contributed by atoms with E-state index in [2.05, 4.69) is 20.9 Å². The Morgan fingerprint density at radius 2 is 1.87 bits per heavy atom. The molecule has 12 heteroatoms. The Morgan fingerprint density at radius 1 is 1.07 bits per heavy atom. The number of carbonyl (C=O) groups is 1. The van der Waals surface area contributed by atoms with Crippen molar-refractivity contribution in [3.63, 3.8) is 0 Å². The number of thiazole rings is 1. The van der Waals surface area contributed by atoms with Gasteiger partial charge in [0.05, 0.1) is 42.2 Å². The quantitative estimate of drug-likeness (QED) is 0.166. The van der Waals surface area contributed by atoms with Crippen LogP contribution in [0.15, 0.2) is 80.1 Å². The summed E-state index contributed by atoms with van der Waals surface area (Å²) >= 11 is 17.2. The minimum atomic E-state index is -0.833. The molecule has 0 saturated heterocycles. The second kappa shape index (κ2) is 14.2. The van der Waals surface area contributed by atoms with Crippen molar-refractivity contribution < 1.29 is 23.7 Å². The van der Waals surface area contributed by atoms with Gasteiger partial charge in [0.25, 0.3) is 5.56 Å². The molecule has 0 N–H and O–H groups in total. The van der Waals surface area contributed by atoms with Crippen LogP contribution in [0.2, 0.25) is 10.0 Å². The van der Waals surface area contributed by atoms with Crippen LogP contribution in [0.25, 0.3) is 6.08 Å². The van der Waals surface area contributed by atoms with Crippen molar-refractivity contribution in [1.82, 2.24) is 4.57 Å². The van der Waals surface area contributed by atoms with Gasteiger partial charge in [-0.1, -0.05) is 68.7 Å². The van der Waals surface area contributed by atoms with Crippen molar-refractivity contribution in [2.45, 2.75) is 33.4 Å². The lowest BCUT2D eigenvalue weighted by Crippen LogP contribution is -2.40. The number of methoxy groups -OCH3 is 1. The highest BCUT2D eigenvalue weighted by Crippen LogP contribution is 2.41. The summed E-state index contributed by atoms with van der Waals surface area (Å²) < 4.78 is 25.4. The van der Waals surface area contributed by atoms with Gasteiger partial charge in [-0.15, -0.1) is 0 Å². The molecule has 1 aliphatic rings. The van der Waals surface area contributed by atoms with Gasteiger partial charge >= 0.3 is 5.97 Å². The van der Waals surface area contributed by atoms with E-state index >= 15 is 0 Å². The van der Waals surface area contributed by atoms with Crippen LogP contribution in [0.3, 0.4) is 0 Å². The molecular formula is C33H29BrCl2N2O6S. The van der Waals surface area contributed by atoms with E-state index in [1.54, 1.807) is 44.2 Å². The van der Waals surface area contributed by atoms with E-state index in [0.29, 0.717) is 59.0 Å². The van der Waals surface area contributed by atoms with Crippen LogP contribution in [0.1, 0.15) is 43.5 Å². The van der Waals surface area contributed by atoms with Gasteiger partial charge in [0, 0.05) is 20.1 Å². The van der Waals surface area contributed by atoms with Gasteiger partial charge in [-0.05, 0) is 74.4 Å². The Hall–Kier alpha value is -3.57. The topological polar surface area (TPSA) is 88.4 Å². The van der Waals surface area contributed by atoms with Crippen LogP contribution < -0.4 is 29.1 Å². The molecule has 8 nitrogen and oxygen atoms in total. The third kappa shape index (κ3) is 6.99. The van der Waals surface area contributed by atoms with Gasteiger partial charge in [0.2, 0.25) is 0 Å². The third-order valence-electron chi connectivity index (χ3n) is 6.96. The minimum absolute atomic E-state index is 0.170. The highest BCUT2D eigenvalue weighted by molar-refractivity contribution is 9.10. The Labute approximate surface area is 282 Å². The zero-order chi connectivity index (χ0) is 32.2. The average Bonchev–Trinajstić information content (AvgIpc) is 3.30. The summed E-state index contributed by atoms with van der Waals surface area (Å²) in [5.41, 5.74) is 2.58. The second-order valence-corrected chi connectivity index (χ2v) is 12.6. The predicted octanol–water partition coefficient (Wildman–Crippen LogP) is 6.85. The number of benzene rings is 3. The van der Waals surface area contributed by atoms with Crippen LogP contribution in [-0.4, -0.2) is 30.9 Å². The number of allylic oxidation sites excluding steroid dienone is 1. The van der Waals surface area contributed by atoms with Crippen molar-refractivity contribution in [1.29, 1.82) is 0 Å². The Morgan fingerprint density at radius 3 is 2.58 bits per heavy atom. The molecule has 4 aromatic rings. The summed E-state index contributed by atoms with van der Waals surface area (Å²) in [5.74, 6) is 1.04. The number of nitrogens with zero attached hydrogens (tertiary/aromatic N) is 2. The molecule has 5 rings (SSSR count). The van der Waals surface area contributed by atoms with Crippen molar-refractivity contribution in [2.24, 2.45) is 4.99 Å². The summed E-state index contributed by atoms with van der Waals surface area (Å²) in [4.78, 5) is 32.6. The molecule has 45 heavy (non-hydrogen) atoms. The normalized spacial score (nSPS) is 14.6. The molecule has 1 aliphatic heterocycles. The van der Waals surface area contributed by atoms with E-state index in [4.69, 9.17) is 42.1 Å². The zero-order valence-electron chi connectivity index (χ0n) is 24.9. The van der Waals surface area contributed by atoms with E-state index in [0.717, 1.165) is 11.1 Å². The maximum Gasteiger partial charge on any atom is 0.338 e. The van der Waals surface area contributed by atoms with E-state index in [1.807, 2.05) is 37.3 Å². The lowest BCUT2D eigenvalue weighted by molar-refractivity contribution is -0.139. The number of aromatic nitrogens is 1. The zero-order valence-corrected chi connectivity index (χ0v) is 28.8. The van der Waals surface area contributed by atoms with Crippen molar-refractivity contribution in [3.8, 4) is 17.2 Å². The molecule has 0 bridgehead atoms. The first-order chi connectivity index (χ1) is 21.6. The molecule has 2 heterocycles. The van der Waals surface area contributed by atoms with Gasteiger partial charge in [0.15, 0.2) is 16.3 Å². The monoisotopic (exact) mass is 730 g/mol. The number of rotatable bonds is 10. The van der Waals surface area contributed by atoms with Crippen LogP contribution in [0.5, 0.6) is 17.2 Å². The van der Waals surface area contributed by atoms with E-state index < -0.39 is 12.0 Å². The first kappa shape index (κ1) is 32.8. The highest BCUT2D eigenvalue weighted by Gasteiger charge is 2.35. The molecule has 0 spiro atoms. The Bertz CT molecular complexity index is 1990. The number of halogens is 3. The van der Waals surface area contributed by atoms with Crippen molar-refractivity contribution in [2.75, 3.05) is 20.3 Å². The number of esters is 1. The molecule has 1 aromatic heterocycles. The van der Waals surface area contributed by atoms with Gasteiger partial charge in [-0.2, -0.15) is 0 Å². The molecule has 234 valence electrons. The molecule has 0 saturated carbocycles. The Kier molecular flexibility index (Phi) is 10.4. The van der Waals surface area contributed by atoms with Gasteiger partial charge in [0.1, 0.15) is 12.4 Å². The summed E-state index contributed by atoms with van der Waals surface area (Å²) in [7, 11) is 1.54. The molecule has 0 radical (unpaired) electrons. The van der Waals surface area contributed by atoms with Gasteiger partial charge < -0.3 is 18.9 Å². The first-order valence-corrected chi connectivity index (χ1v) is 16.4. The summed E-state index contributed by atoms with van der Waals surface area (Å²) in [6.45, 7) is 6.20. The van der Waals surface area contributed by atoms with Gasteiger partial charge in [-0.25, -0.2) is 9.79 Å². The molecule has 0 fully saturated rings. The fourth-order valence-corrected chi connectivity index (χ4v) is 6.97. The number of ether oxygens (including phenoxy) is 4. The second-order valence-electron chi connectivity index (χ2n) is 9.86. The maximum absolute atomic E-state index is 14.1. The molecular weight excluding hydrogens is 703 g/mol. The highest BCUT2D eigenvalue weighted by atomic mass is 79.9. The summed E-state index contributed by atoms with van der Waals surface area (Å²) in [6, 6.07) is 15.3. The number of carbonyl (C=O) groups excluding carboxylic acids is 1. The van der Waals surface area contributed by atoms with Crippen LogP contribution in [0, 0.1) is 0 Å². The Balaban J connectivity index is 1.59. The van der Waals surface area contributed by atoms with Crippen molar-refractivity contribution in [3.05, 3.63) is 117 Å². The lowest BCUT2D eigenvalue weighted by Gasteiger charge is -2.26. The molecule has 3 aromatic carbocycles. The summed E-state index contributed by atoms with van der Waals surface area (Å²) in [5, 5.41) is 1.07. The molecule has 0 aliphatic carbocycles. The predicted molar refractivity (Wildman–Crippen MR) is 179 cm³/mol. The summed E-state index contributed by atoms with van der Waals surface area (Å²) in [6.07, 6.45) is 1.78. The van der Waals surface area contributed by atoms with Crippen molar-refractivity contribution >= 4 is 62.5 Å². The third-order valence-corrected chi connectivity index (χ3v) is 9.22. The minimum Gasteiger partial charge on any atom is -0.493 e. The molecule has 1 atom stereocenters. The van der Waals surface area contributed by atoms with E-state index in [9.17, 15) is 9.59 Å². The van der Waals surface area contributed by atoms with Gasteiger partial charge in [-0.3, -0.25) is 9.36 Å². The lowest BCUT2D eigenvalue weighted by atomic mass is 9.95. The smallest absolute Gasteiger partial charge is 0.338 e. The average molecular weight is 732 g/mol. The van der Waals surface area contributed by atoms with Crippen LogP contribution in [-0.2, 0) is 16.1 Å². The SMILES string of the molecule is CCOC(=O)C1=C(C)N=c2s/c(=C/c3cccc(OCc4ccc(Cl)cc4Cl)c3)c(=O)n2[C@H]1c1cc(OC)c(OCC)cc1Br. The number of hydrogen-bond donors (Lipinski definition) is 0. The number of fused-ring (bicyclic) bond motifs is 1.